The van der Waals surface area contributed by atoms with Gasteiger partial charge in [0.25, 0.3) is 0 Å². The van der Waals surface area contributed by atoms with Gasteiger partial charge in [-0.15, -0.1) is 0 Å². The highest BCUT2D eigenvalue weighted by Crippen LogP contribution is 2.67. The summed E-state index contributed by atoms with van der Waals surface area (Å²) in [6.45, 7) is 15.3. The lowest BCUT2D eigenvalue weighted by atomic mass is 9.43. The Morgan fingerprint density at radius 3 is 2.16 bits per heavy atom. The topological polar surface area (TPSA) is 47.9 Å². The zero-order valence-corrected chi connectivity index (χ0v) is 17.0. The summed E-state index contributed by atoms with van der Waals surface area (Å²) in [5.74, 6) is -0.446. The minimum Gasteiger partial charge on any atom is -0.366 e. The summed E-state index contributed by atoms with van der Waals surface area (Å²) in [4.78, 5) is 0. The second-order valence-electron chi connectivity index (χ2n) is 10.9. The summed E-state index contributed by atoms with van der Waals surface area (Å²) in [5.41, 5.74) is -0.0183. The van der Waals surface area contributed by atoms with E-state index in [-0.39, 0.29) is 28.6 Å². The largest absolute Gasteiger partial charge is 0.366 e. The molecule has 1 N–H and O–H groups in total. The maximum atomic E-state index is 10.5. The first-order chi connectivity index (χ1) is 11.3. The molecule has 2 aliphatic carbocycles. The molecule has 4 nitrogen and oxygen atoms in total. The summed E-state index contributed by atoms with van der Waals surface area (Å²) in [6.07, 6.45) is 5.22. The monoisotopic (exact) mass is 352 g/mol. The molecule has 0 radical (unpaired) electrons. The lowest BCUT2D eigenvalue weighted by molar-refractivity contribution is -0.332. The van der Waals surface area contributed by atoms with Crippen molar-refractivity contribution in [3.8, 4) is 0 Å². The van der Waals surface area contributed by atoms with E-state index in [0.29, 0.717) is 18.3 Å². The molecule has 4 fully saturated rings. The average molecular weight is 353 g/mol. The molecule has 2 saturated heterocycles. The van der Waals surface area contributed by atoms with E-state index in [2.05, 4.69) is 27.7 Å². The van der Waals surface area contributed by atoms with E-state index >= 15 is 0 Å². The van der Waals surface area contributed by atoms with E-state index < -0.39 is 11.6 Å². The Kier molecular flexibility index (Phi) is 3.65. The normalized spacial score (nSPS) is 56.6. The number of aliphatic hydroxyl groups is 1. The summed E-state index contributed by atoms with van der Waals surface area (Å²) in [7, 11) is 0. The molecule has 0 aromatic carbocycles. The summed E-state index contributed by atoms with van der Waals surface area (Å²) < 4.78 is 19.0. The Labute approximate surface area is 152 Å². The molecule has 0 aromatic heterocycles. The third-order valence-electron chi connectivity index (χ3n) is 8.06. The minimum atomic E-state index is -0.990. The van der Waals surface area contributed by atoms with Gasteiger partial charge in [-0.3, -0.25) is 0 Å². The molecule has 2 saturated carbocycles. The van der Waals surface area contributed by atoms with E-state index in [9.17, 15) is 5.11 Å². The molecular formula is C21H36O4. The first-order valence-corrected chi connectivity index (χ1v) is 10.1. The lowest BCUT2D eigenvalue weighted by Gasteiger charge is -2.66. The number of ether oxygens (including phenoxy) is 3. The molecular weight excluding hydrogens is 316 g/mol. The molecule has 4 aliphatic rings. The Bertz CT molecular complexity index is 568. The van der Waals surface area contributed by atoms with Crippen LogP contribution in [0.5, 0.6) is 0 Å². The van der Waals surface area contributed by atoms with E-state index in [0.717, 1.165) is 25.7 Å². The van der Waals surface area contributed by atoms with Crippen molar-refractivity contribution >= 4 is 0 Å². The molecule has 2 heterocycles. The maximum Gasteiger partial charge on any atom is 0.163 e. The van der Waals surface area contributed by atoms with Gasteiger partial charge in [0, 0.05) is 6.42 Å². The van der Waals surface area contributed by atoms with Gasteiger partial charge < -0.3 is 19.3 Å². The van der Waals surface area contributed by atoms with E-state index in [1.807, 2.05) is 20.8 Å². The van der Waals surface area contributed by atoms with Crippen molar-refractivity contribution in [1.82, 2.24) is 0 Å². The first kappa shape index (κ1) is 18.2. The SMILES string of the molecule is CC1(O)CC[C@H]2[C@@](C)(CCC3C(C)(C)[C@H]4OC(C)(C)O[C@H]4C[C@@]32C)O1. The van der Waals surface area contributed by atoms with Crippen LogP contribution in [-0.4, -0.2) is 34.5 Å². The van der Waals surface area contributed by atoms with Gasteiger partial charge in [-0.05, 0) is 76.0 Å². The maximum absolute atomic E-state index is 10.5. The van der Waals surface area contributed by atoms with Crippen molar-refractivity contribution in [3.05, 3.63) is 0 Å². The third kappa shape index (κ3) is 2.55. The van der Waals surface area contributed by atoms with E-state index in [1.54, 1.807) is 0 Å². The molecule has 4 heteroatoms. The molecule has 25 heavy (non-hydrogen) atoms. The van der Waals surface area contributed by atoms with Crippen LogP contribution in [-0.2, 0) is 14.2 Å². The second kappa shape index (κ2) is 5.01. The van der Waals surface area contributed by atoms with Gasteiger partial charge in [0.1, 0.15) is 0 Å². The zero-order chi connectivity index (χ0) is 18.5. The fourth-order valence-corrected chi connectivity index (χ4v) is 7.35. The molecule has 144 valence electrons. The summed E-state index contributed by atoms with van der Waals surface area (Å²) in [6, 6.07) is 0. The second-order valence-corrected chi connectivity index (χ2v) is 10.9. The van der Waals surface area contributed by atoms with Crippen molar-refractivity contribution < 1.29 is 19.3 Å². The van der Waals surface area contributed by atoms with Gasteiger partial charge in [-0.2, -0.15) is 0 Å². The summed E-state index contributed by atoms with van der Waals surface area (Å²) >= 11 is 0. The minimum absolute atomic E-state index is 0.0761. The van der Waals surface area contributed by atoms with Crippen LogP contribution < -0.4 is 0 Å². The van der Waals surface area contributed by atoms with E-state index in [4.69, 9.17) is 14.2 Å². The number of rotatable bonds is 0. The van der Waals surface area contributed by atoms with Crippen LogP contribution in [0.4, 0.5) is 0 Å². The Morgan fingerprint density at radius 1 is 0.840 bits per heavy atom. The third-order valence-corrected chi connectivity index (χ3v) is 8.06. The molecule has 0 bridgehead atoms. The molecule has 0 amide bonds. The van der Waals surface area contributed by atoms with Crippen molar-refractivity contribution in [2.45, 2.75) is 110 Å². The quantitative estimate of drug-likeness (QED) is 0.708. The molecule has 7 atom stereocenters. The van der Waals surface area contributed by atoms with Gasteiger partial charge in [0.2, 0.25) is 0 Å². The van der Waals surface area contributed by atoms with Gasteiger partial charge in [0.15, 0.2) is 11.6 Å². The Hall–Kier alpha value is -0.160. The highest BCUT2D eigenvalue weighted by atomic mass is 16.8. The van der Waals surface area contributed by atoms with Crippen molar-refractivity contribution in [2.24, 2.45) is 22.7 Å². The Balaban J connectivity index is 1.72. The lowest BCUT2D eigenvalue weighted by Crippen LogP contribution is -2.66. The van der Waals surface area contributed by atoms with Crippen LogP contribution in [0.1, 0.15) is 80.6 Å². The van der Waals surface area contributed by atoms with Gasteiger partial charge in [0.05, 0.1) is 17.8 Å². The number of fused-ring (bicyclic) bond motifs is 4. The highest BCUT2D eigenvalue weighted by Gasteiger charge is 2.67. The van der Waals surface area contributed by atoms with Gasteiger partial charge in [-0.1, -0.05) is 20.8 Å². The first-order valence-electron chi connectivity index (χ1n) is 10.1. The smallest absolute Gasteiger partial charge is 0.163 e. The molecule has 2 unspecified atom stereocenters. The average Bonchev–Trinajstić information content (AvgIpc) is 2.71. The predicted molar refractivity (Wildman–Crippen MR) is 95.9 cm³/mol. The van der Waals surface area contributed by atoms with Crippen LogP contribution in [0.15, 0.2) is 0 Å². The van der Waals surface area contributed by atoms with Crippen LogP contribution in [0.3, 0.4) is 0 Å². The summed E-state index contributed by atoms with van der Waals surface area (Å²) in [5, 5.41) is 10.5. The molecule has 4 rings (SSSR count). The number of hydrogen-bond acceptors (Lipinski definition) is 4. The van der Waals surface area contributed by atoms with Crippen LogP contribution >= 0.6 is 0 Å². The zero-order valence-electron chi connectivity index (χ0n) is 17.0. The van der Waals surface area contributed by atoms with Crippen molar-refractivity contribution in [3.63, 3.8) is 0 Å². The highest BCUT2D eigenvalue weighted by molar-refractivity contribution is 5.15. The van der Waals surface area contributed by atoms with Crippen LogP contribution in [0.2, 0.25) is 0 Å². The van der Waals surface area contributed by atoms with Crippen LogP contribution in [0.25, 0.3) is 0 Å². The standard InChI is InChI=1S/C21H36O4/c1-17(2)14-8-10-20(6)15(9-11-21(7,22)25-20)19(14,5)12-13-16(17)24-18(3,4)23-13/h13-16,22H,8-12H2,1-7H3/t13-,14?,15+,16-,19-,20+,21?/m0/s1. The van der Waals surface area contributed by atoms with Gasteiger partial charge in [-0.25, -0.2) is 0 Å². The van der Waals surface area contributed by atoms with Gasteiger partial charge >= 0.3 is 0 Å². The van der Waals surface area contributed by atoms with E-state index in [1.165, 1.54) is 0 Å². The Morgan fingerprint density at radius 2 is 1.48 bits per heavy atom. The fraction of sp³-hybridized carbons (Fsp3) is 1.00. The molecule has 2 aliphatic heterocycles. The molecule has 0 spiro atoms. The van der Waals surface area contributed by atoms with Crippen molar-refractivity contribution in [1.29, 1.82) is 0 Å². The predicted octanol–water partition coefficient (Wildman–Crippen LogP) is 4.25. The molecule has 0 aromatic rings. The van der Waals surface area contributed by atoms with Crippen LogP contribution in [0, 0.1) is 22.7 Å². The fourth-order valence-electron chi connectivity index (χ4n) is 7.35. The van der Waals surface area contributed by atoms with Crippen molar-refractivity contribution in [2.75, 3.05) is 0 Å². The number of hydrogen-bond donors (Lipinski definition) is 1.